The predicted octanol–water partition coefficient (Wildman–Crippen LogP) is 1.84. The molecule has 142 valence electrons. The molecule has 0 bridgehead atoms. The number of nitrogens with zero attached hydrogens (tertiary/aromatic N) is 8. The average Bonchev–Trinajstić information content (AvgIpc) is 3.39. The van der Waals surface area contributed by atoms with Gasteiger partial charge in [0.1, 0.15) is 17.9 Å². The number of aromatic nitrogens is 7. The van der Waals surface area contributed by atoms with E-state index in [1.54, 1.807) is 15.4 Å². The first-order chi connectivity index (χ1) is 13.7. The SMILES string of the molecule is CC(C(=O)N1CCCC(c2ccnc3ncnn23)C1)n1nnc2ccccc21. The van der Waals surface area contributed by atoms with Crippen LogP contribution in [0.25, 0.3) is 16.8 Å². The van der Waals surface area contributed by atoms with Crippen LogP contribution in [0.2, 0.25) is 0 Å². The molecule has 3 aromatic heterocycles. The van der Waals surface area contributed by atoms with Crippen LogP contribution < -0.4 is 0 Å². The third-order valence-electron chi connectivity index (χ3n) is 5.46. The Labute approximate surface area is 161 Å². The third-order valence-corrected chi connectivity index (χ3v) is 5.46. The van der Waals surface area contributed by atoms with Crippen molar-refractivity contribution in [1.29, 1.82) is 0 Å². The van der Waals surface area contributed by atoms with Crippen molar-refractivity contribution in [1.82, 2.24) is 39.5 Å². The average molecular weight is 376 g/mol. The maximum Gasteiger partial charge on any atom is 0.252 e. The first-order valence-electron chi connectivity index (χ1n) is 9.46. The maximum atomic E-state index is 13.2. The highest BCUT2D eigenvalue weighted by Crippen LogP contribution is 2.28. The fourth-order valence-corrected chi connectivity index (χ4v) is 4.03. The second kappa shape index (κ2) is 6.66. The van der Waals surface area contributed by atoms with Gasteiger partial charge in [-0.2, -0.15) is 10.1 Å². The van der Waals surface area contributed by atoms with Crippen LogP contribution in [0.1, 0.15) is 37.4 Å². The highest BCUT2D eigenvalue weighted by atomic mass is 16.2. The second-order valence-electron chi connectivity index (χ2n) is 7.16. The van der Waals surface area contributed by atoms with Gasteiger partial charge in [-0.3, -0.25) is 4.79 Å². The van der Waals surface area contributed by atoms with Gasteiger partial charge in [0.25, 0.3) is 5.78 Å². The summed E-state index contributed by atoms with van der Waals surface area (Å²) in [6.07, 6.45) is 5.21. The molecule has 1 aliphatic rings. The Morgan fingerprint density at radius 3 is 3.04 bits per heavy atom. The number of amides is 1. The fourth-order valence-electron chi connectivity index (χ4n) is 4.03. The van der Waals surface area contributed by atoms with E-state index in [-0.39, 0.29) is 11.8 Å². The monoisotopic (exact) mass is 376 g/mol. The lowest BCUT2D eigenvalue weighted by molar-refractivity contribution is -0.135. The Bertz CT molecular complexity index is 1150. The highest BCUT2D eigenvalue weighted by molar-refractivity contribution is 5.83. The van der Waals surface area contributed by atoms with Gasteiger partial charge in [-0.1, -0.05) is 17.3 Å². The number of hydrogen-bond acceptors (Lipinski definition) is 6. The van der Waals surface area contributed by atoms with Crippen molar-refractivity contribution < 1.29 is 4.79 Å². The summed E-state index contributed by atoms with van der Waals surface area (Å²) in [5, 5.41) is 12.7. The van der Waals surface area contributed by atoms with Crippen molar-refractivity contribution in [2.75, 3.05) is 13.1 Å². The Balaban J connectivity index is 1.40. The molecule has 9 heteroatoms. The number of piperidine rings is 1. The van der Waals surface area contributed by atoms with Gasteiger partial charge in [0.2, 0.25) is 5.91 Å². The summed E-state index contributed by atoms with van der Waals surface area (Å²) in [6.45, 7) is 3.28. The van der Waals surface area contributed by atoms with Crippen molar-refractivity contribution >= 4 is 22.7 Å². The summed E-state index contributed by atoms with van der Waals surface area (Å²) < 4.78 is 3.48. The van der Waals surface area contributed by atoms with E-state index in [4.69, 9.17) is 0 Å². The molecule has 0 radical (unpaired) electrons. The Morgan fingerprint density at radius 1 is 1.21 bits per heavy atom. The first-order valence-corrected chi connectivity index (χ1v) is 9.46. The largest absolute Gasteiger partial charge is 0.340 e. The van der Waals surface area contributed by atoms with Gasteiger partial charge < -0.3 is 4.90 Å². The minimum Gasteiger partial charge on any atom is -0.340 e. The molecular weight excluding hydrogens is 356 g/mol. The van der Waals surface area contributed by atoms with Crippen LogP contribution in [0, 0.1) is 0 Å². The molecule has 0 spiro atoms. The molecule has 1 aromatic carbocycles. The van der Waals surface area contributed by atoms with Crippen molar-refractivity contribution in [3.8, 4) is 0 Å². The second-order valence-corrected chi connectivity index (χ2v) is 7.16. The van der Waals surface area contributed by atoms with Gasteiger partial charge in [0.05, 0.1) is 11.2 Å². The Morgan fingerprint density at radius 2 is 2.11 bits per heavy atom. The lowest BCUT2D eigenvalue weighted by Crippen LogP contribution is -2.42. The zero-order valence-electron chi connectivity index (χ0n) is 15.5. The zero-order valence-corrected chi connectivity index (χ0v) is 15.5. The van der Waals surface area contributed by atoms with Gasteiger partial charge in [0, 0.05) is 25.2 Å². The molecule has 9 nitrogen and oxygen atoms in total. The van der Waals surface area contributed by atoms with Crippen molar-refractivity contribution in [2.24, 2.45) is 0 Å². The number of benzene rings is 1. The number of para-hydroxylation sites is 1. The third kappa shape index (κ3) is 2.70. The minimum atomic E-state index is -0.407. The smallest absolute Gasteiger partial charge is 0.252 e. The molecule has 0 saturated carbocycles. The van der Waals surface area contributed by atoms with Crippen LogP contribution in [0.5, 0.6) is 0 Å². The molecule has 2 unspecified atom stereocenters. The minimum absolute atomic E-state index is 0.0595. The number of rotatable bonds is 3. The van der Waals surface area contributed by atoms with Crippen LogP contribution in [0.15, 0.2) is 42.9 Å². The zero-order chi connectivity index (χ0) is 19.1. The molecule has 1 saturated heterocycles. The van der Waals surface area contributed by atoms with Crippen molar-refractivity contribution in [3.63, 3.8) is 0 Å². The van der Waals surface area contributed by atoms with Crippen LogP contribution in [0.4, 0.5) is 0 Å². The van der Waals surface area contributed by atoms with E-state index >= 15 is 0 Å². The Hall–Kier alpha value is -3.36. The molecular formula is C19H20N8O. The van der Waals surface area contributed by atoms with Crippen LogP contribution in [0.3, 0.4) is 0 Å². The lowest BCUT2D eigenvalue weighted by atomic mass is 9.94. The molecule has 1 fully saturated rings. The summed E-state index contributed by atoms with van der Waals surface area (Å²) >= 11 is 0. The summed E-state index contributed by atoms with van der Waals surface area (Å²) in [5.41, 5.74) is 2.71. The van der Waals surface area contributed by atoms with E-state index in [9.17, 15) is 4.79 Å². The van der Waals surface area contributed by atoms with E-state index in [1.807, 2.05) is 42.2 Å². The van der Waals surface area contributed by atoms with Gasteiger partial charge in [-0.15, -0.1) is 5.10 Å². The van der Waals surface area contributed by atoms with E-state index in [2.05, 4.69) is 25.4 Å². The molecule has 4 heterocycles. The summed E-state index contributed by atoms with van der Waals surface area (Å²) in [5.74, 6) is 0.845. The maximum absolute atomic E-state index is 13.2. The lowest BCUT2D eigenvalue weighted by Gasteiger charge is -2.34. The van der Waals surface area contributed by atoms with Gasteiger partial charge in [-0.05, 0) is 38.0 Å². The molecule has 5 rings (SSSR count). The predicted molar refractivity (Wildman–Crippen MR) is 102 cm³/mol. The van der Waals surface area contributed by atoms with Gasteiger partial charge in [0.15, 0.2) is 0 Å². The summed E-state index contributed by atoms with van der Waals surface area (Å²) in [7, 11) is 0. The molecule has 2 atom stereocenters. The Kier molecular flexibility index (Phi) is 4.00. The summed E-state index contributed by atoms with van der Waals surface area (Å²) in [6, 6.07) is 9.26. The van der Waals surface area contributed by atoms with E-state index < -0.39 is 6.04 Å². The summed E-state index contributed by atoms with van der Waals surface area (Å²) in [4.78, 5) is 23.5. The molecule has 28 heavy (non-hydrogen) atoms. The van der Waals surface area contributed by atoms with Crippen LogP contribution in [-0.4, -0.2) is 58.5 Å². The topological polar surface area (TPSA) is 94.1 Å². The van der Waals surface area contributed by atoms with E-state index in [0.29, 0.717) is 12.3 Å². The van der Waals surface area contributed by atoms with Crippen molar-refractivity contribution in [2.45, 2.75) is 31.7 Å². The van der Waals surface area contributed by atoms with Crippen molar-refractivity contribution in [3.05, 3.63) is 48.5 Å². The number of likely N-dealkylation sites (tertiary alicyclic amines) is 1. The van der Waals surface area contributed by atoms with Crippen LogP contribution >= 0.6 is 0 Å². The molecule has 0 N–H and O–H groups in total. The first kappa shape index (κ1) is 16.8. The normalized spacial score (nSPS) is 18.6. The van der Waals surface area contributed by atoms with Crippen LogP contribution in [-0.2, 0) is 4.79 Å². The standard InChI is InChI=1S/C19H20N8O/c1-13(26-17-7-3-2-6-15(17)23-24-26)18(28)25-10-4-5-14(11-25)16-8-9-20-19-21-12-22-27(16)19/h2-3,6-9,12-14H,4-5,10-11H2,1H3. The van der Waals surface area contributed by atoms with Gasteiger partial charge in [-0.25, -0.2) is 14.2 Å². The van der Waals surface area contributed by atoms with E-state index in [1.165, 1.54) is 6.33 Å². The molecule has 0 aliphatic carbocycles. The quantitative estimate of drug-likeness (QED) is 0.541. The van der Waals surface area contributed by atoms with E-state index in [0.717, 1.165) is 36.1 Å². The van der Waals surface area contributed by atoms with Gasteiger partial charge >= 0.3 is 0 Å². The number of carbonyl (C=O) groups excluding carboxylic acids is 1. The number of carbonyl (C=O) groups is 1. The number of hydrogen-bond donors (Lipinski definition) is 0. The number of fused-ring (bicyclic) bond motifs is 2. The molecule has 4 aromatic rings. The molecule has 1 amide bonds. The highest BCUT2D eigenvalue weighted by Gasteiger charge is 2.30. The fraction of sp³-hybridized carbons (Fsp3) is 0.368. The molecule has 1 aliphatic heterocycles.